The molecule has 0 aliphatic heterocycles. The summed E-state index contributed by atoms with van der Waals surface area (Å²) in [6.45, 7) is 1.53. The molecule has 0 saturated carbocycles. The zero-order chi connectivity index (χ0) is 15.9. The number of ether oxygens (including phenoxy) is 1. The molecule has 0 fully saturated rings. The van der Waals surface area contributed by atoms with Crippen molar-refractivity contribution in [3.63, 3.8) is 0 Å². The second-order valence-electron chi connectivity index (χ2n) is 5.07. The van der Waals surface area contributed by atoms with E-state index in [0.717, 1.165) is 47.8 Å². The molecule has 0 amide bonds. The Morgan fingerprint density at radius 2 is 1.91 bits per heavy atom. The Hall–Kier alpha value is -2.73. The van der Waals surface area contributed by atoms with Crippen molar-refractivity contribution in [2.75, 3.05) is 30.9 Å². The van der Waals surface area contributed by atoms with E-state index in [4.69, 9.17) is 4.74 Å². The Morgan fingerprint density at radius 3 is 2.83 bits per heavy atom. The number of anilines is 3. The first-order valence-corrected chi connectivity index (χ1v) is 7.52. The van der Waals surface area contributed by atoms with Gasteiger partial charge >= 0.3 is 0 Å². The fraction of sp³-hybridized carbons (Fsp3) is 0.235. The van der Waals surface area contributed by atoms with E-state index in [2.05, 4.69) is 25.6 Å². The van der Waals surface area contributed by atoms with Crippen molar-refractivity contribution < 1.29 is 4.74 Å². The monoisotopic (exact) mass is 309 g/mol. The van der Waals surface area contributed by atoms with Crippen LogP contribution in [0.5, 0.6) is 0 Å². The van der Waals surface area contributed by atoms with Gasteiger partial charge in [-0.25, -0.2) is 9.97 Å². The van der Waals surface area contributed by atoms with E-state index >= 15 is 0 Å². The Morgan fingerprint density at radius 1 is 1.04 bits per heavy atom. The molecule has 3 rings (SSSR count). The van der Waals surface area contributed by atoms with Gasteiger partial charge in [-0.15, -0.1) is 0 Å². The molecule has 23 heavy (non-hydrogen) atoms. The predicted molar refractivity (Wildman–Crippen MR) is 92.0 cm³/mol. The van der Waals surface area contributed by atoms with E-state index in [-0.39, 0.29) is 0 Å². The molecule has 0 saturated heterocycles. The van der Waals surface area contributed by atoms with Crippen LogP contribution < -0.4 is 10.6 Å². The van der Waals surface area contributed by atoms with Crippen LogP contribution in [-0.4, -0.2) is 35.2 Å². The number of para-hydroxylation sites is 1. The van der Waals surface area contributed by atoms with Crippen molar-refractivity contribution in [2.45, 2.75) is 6.42 Å². The van der Waals surface area contributed by atoms with Gasteiger partial charge in [0.2, 0.25) is 0 Å². The highest BCUT2D eigenvalue weighted by Crippen LogP contribution is 2.24. The van der Waals surface area contributed by atoms with Gasteiger partial charge in [-0.1, -0.05) is 18.2 Å². The molecule has 1 aromatic carbocycles. The van der Waals surface area contributed by atoms with E-state index in [1.165, 1.54) is 0 Å². The molecule has 0 aliphatic carbocycles. The Kier molecular flexibility index (Phi) is 4.95. The van der Waals surface area contributed by atoms with Gasteiger partial charge in [-0.05, 0) is 18.6 Å². The number of aromatic nitrogens is 3. The van der Waals surface area contributed by atoms with E-state index in [1.54, 1.807) is 19.6 Å². The lowest BCUT2D eigenvalue weighted by molar-refractivity contribution is 0.198. The quantitative estimate of drug-likeness (QED) is 0.653. The normalized spacial score (nSPS) is 10.7. The first-order valence-electron chi connectivity index (χ1n) is 7.52. The van der Waals surface area contributed by atoms with E-state index < -0.39 is 0 Å². The zero-order valence-corrected chi connectivity index (χ0v) is 13.0. The van der Waals surface area contributed by atoms with Crippen molar-refractivity contribution in [2.24, 2.45) is 0 Å². The van der Waals surface area contributed by atoms with Crippen molar-refractivity contribution in [3.05, 3.63) is 48.9 Å². The molecule has 2 aromatic heterocycles. The van der Waals surface area contributed by atoms with Gasteiger partial charge in [0.1, 0.15) is 18.0 Å². The SMILES string of the molecule is COCCCNc1cc(Nc2cccc3cccnc23)ncn1. The summed E-state index contributed by atoms with van der Waals surface area (Å²) in [6, 6.07) is 11.9. The van der Waals surface area contributed by atoms with Crippen molar-refractivity contribution >= 4 is 28.2 Å². The van der Waals surface area contributed by atoms with E-state index in [1.807, 2.05) is 36.4 Å². The molecule has 0 bridgehead atoms. The van der Waals surface area contributed by atoms with E-state index in [9.17, 15) is 0 Å². The predicted octanol–water partition coefficient (Wildman–Crippen LogP) is 3.22. The van der Waals surface area contributed by atoms with E-state index in [0.29, 0.717) is 0 Å². The van der Waals surface area contributed by atoms with Crippen LogP contribution in [0.4, 0.5) is 17.3 Å². The smallest absolute Gasteiger partial charge is 0.135 e. The molecule has 6 heteroatoms. The summed E-state index contributed by atoms with van der Waals surface area (Å²) in [4.78, 5) is 12.9. The van der Waals surface area contributed by atoms with Gasteiger partial charge in [0.05, 0.1) is 11.2 Å². The fourth-order valence-electron chi connectivity index (χ4n) is 2.30. The Balaban J connectivity index is 1.74. The number of hydrogen-bond donors (Lipinski definition) is 2. The molecule has 3 aromatic rings. The number of benzene rings is 1. The summed E-state index contributed by atoms with van der Waals surface area (Å²) in [7, 11) is 1.70. The summed E-state index contributed by atoms with van der Waals surface area (Å²) < 4.78 is 5.03. The minimum Gasteiger partial charge on any atom is -0.385 e. The van der Waals surface area contributed by atoms with Crippen LogP contribution >= 0.6 is 0 Å². The highest BCUT2D eigenvalue weighted by molar-refractivity contribution is 5.91. The van der Waals surface area contributed by atoms with Crippen LogP contribution in [0.2, 0.25) is 0 Å². The van der Waals surface area contributed by atoms with Gasteiger partial charge in [-0.3, -0.25) is 4.98 Å². The van der Waals surface area contributed by atoms with Crippen LogP contribution in [0.25, 0.3) is 10.9 Å². The topological polar surface area (TPSA) is 72.0 Å². The van der Waals surface area contributed by atoms with Gasteiger partial charge in [0.25, 0.3) is 0 Å². The van der Waals surface area contributed by atoms with Crippen molar-refractivity contribution in [1.82, 2.24) is 15.0 Å². The van der Waals surface area contributed by atoms with Crippen molar-refractivity contribution in [1.29, 1.82) is 0 Å². The number of nitrogens with one attached hydrogen (secondary N) is 2. The molecule has 0 spiro atoms. The maximum absolute atomic E-state index is 5.03. The molecular formula is C17H19N5O. The van der Waals surface area contributed by atoms with Gasteiger partial charge in [-0.2, -0.15) is 0 Å². The molecule has 0 atom stereocenters. The van der Waals surface area contributed by atoms with Crippen LogP contribution in [0.1, 0.15) is 6.42 Å². The second kappa shape index (κ2) is 7.51. The van der Waals surface area contributed by atoms with Gasteiger partial charge in [0, 0.05) is 37.9 Å². The maximum atomic E-state index is 5.03. The summed E-state index contributed by atoms with van der Waals surface area (Å²) in [5, 5.41) is 7.65. The number of hydrogen-bond acceptors (Lipinski definition) is 6. The number of methoxy groups -OCH3 is 1. The van der Waals surface area contributed by atoms with Crippen LogP contribution in [0.3, 0.4) is 0 Å². The molecule has 2 heterocycles. The van der Waals surface area contributed by atoms with Gasteiger partial charge in [0.15, 0.2) is 0 Å². The molecule has 0 unspecified atom stereocenters. The second-order valence-corrected chi connectivity index (χ2v) is 5.07. The third-order valence-electron chi connectivity index (χ3n) is 3.39. The highest BCUT2D eigenvalue weighted by atomic mass is 16.5. The molecular weight excluding hydrogens is 290 g/mol. The van der Waals surface area contributed by atoms with Crippen LogP contribution in [0, 0.1) is 0 Å². The lowest BCUT2D eigenvalue weighted by Gasteiger charge is -2.10. The molecule has 0 aliphatic rings. The number of fused-ring (bicyclic) bond motifs is 1. The number of rotatable bonds is 7. The van der Waals surface area contributed by atoms with Gasteiger partial charge < -0.3 is 15.4 Å². The summed E-state index contributed by atoms with van der Waals surface area (Å²) >= 11 is 0. The zero-order valence-electron chi connectivity index (χ0n) is 13.0. The number of pyridine rings is 1. The van der Waals surface area contributed by atoms with Crippen molar-refractivity contribution in [3.8, 4) is 0 Å². The number of nitrogens with zero attached hydrogens (tertiary/aromatic N) is 3. The standard InChI is InChI=1S/C17H19N5O/c1-23-10-4-9-18-15-11-16(21-12-20-15)22-14-7-2-5-13-6-3-8-19-17(13)14/h2-3,5-8,11-12H,4,9-10H2,1H3,(H2,18,20,21,22). The molecule has 0 radical (unpaired) electrons. The summed E-state index contributed by atoms with van der Waals surface area (Å²) in [5.74, 6) is 1.51. The molecule has 2 N–H and O–H groups in total. The minimum atomic E-state index is 0.727. The Labute approximate surface area is 135 Å². The maximum Gasteiger partial charge on any atom is 0.135 e. The lowest BCUT2D eigenvalue weighted by Crippen LogP contribution is -2.06. The highest BCUT2D eigenvalue weighted by Gasteiger charge is 2.04. The summed E-state index contributed by atoms with van der Waals surface area (Å²) in [5.41, 5.74) is 1.84. The Bertz CT molecular complexity index is 772. The summed E-state index contributed by atoms with van der Waals surface area (Å²) in [6.07, 6.45) is 4.26. The average Bonchev–Trinajstić information content (AvgIpc) is 2.60. The molecule has 6 nitrogen and oxygen atoms in total. The minimum absolute atomic E-state index is 0.727. The third kappa shape index (κ3) is 3.92. The fourth-order valence-corrected chi connectivity index (χ4v) is 2.30. The first kappa shape index (κ1) is 15.2. The molecule has 118 valence electrons. The average molecular weight is 309 g/mol. The lowest BCUT2D eigenvalue weighted by atomic mass is 10.2. The first-order chi connectivity index (χ1) is 11.4. The third-order valence-corrected chi connectivity index (χ3v) is 3.39. The largest absolute Gasteiger partial charge is 0.385 e. The van der Waals surface area contributed by atoms with Crippen LogP contribution in [-0.2, 0) is 4.74 Å². The van der Waals surface area contributed by atoms with Crippen LogP contribution in [0.15, 0.2) is 48.9 Å².